The maximum Gasteiger partial charge on any atom is 0.220 e. The Hall–Kier alpha value is -3.81. The van der Waals surface area contributed by atoms with Crippen LogP contribution in [-0.2, 0) is 33.2 Å². The standard InChI is InChI=1S/C67H109NO18/c1-3-5-7-9-11-13-15-17-19-20-21-22-23-24-25-26-27-28-29-30-31-33-35-37-39-41-43-45-55(73)68-50(51(72)44-42-40-38-36-34-32-18-16-14-12-10-8-6-4-2)49-81-65-61(79)58(76)63(53(47-70)83-65)86-67-62(80)59(77)64(54(48-71)84-67)85-66-60(78)57(75)56(74)52(46-69)82-66/h5,7,11,13-14,16-17,19,21-22,24-25,27-28,30-31,34,36,42,44,50-54,56-67,69-72,74-80H,3-4,6,8-10,12,15,18,20,23,26,29,32-33,35,37-41,43,45-49H2,1-2H3,(H,68,73)/b7-5-,13-11-,16-14+,19-17-,22-21-,25-24-,28-27-,31-30-,36-34+,44-42+. The zero-order valence-corrected chi connectivity index (χ0v) is 51.2. The van der Waals surface area contributed by atoms with Crippen LogP contribution in [0.1, 0.15) is 162 Å². The molecule has 17 atom stereocenters. The molecule has 0 radical (unpaired) electrons. The van der Waals surface area contributed by atoms with Gasteiger partial charge in [-0.15, -0.1) is 0 Å². The van der Waals surface area contributed by atoms with Crippen LogP contribution in [-0.4, -0.2) is 193 Å². The zero-order chi connectivity index (χ0) is 62.6. The Morgan fingerprint density at radius 1 is 0.430 bits per heavy atom. The van der Waals surface area contributed by atoms with Crippen molar-refractivity contribution in [2.24, 2.45) is 0 Å². The fraction of sp³-hybridized carbons (Fsp3) is 0.687. The number of carbonyl (C=O) groups excluding carboxylic acids is 1. The van der Waals surface area contributed by atoms with E-state index in [4.69, 9.17) is 28.4 Å². The molecule has 3 aliphatic rings. The van der Waals surface area contributed by atoms with Gasteiger partial charge in [0.15, 0.2) is 18.9 Å². The van der Waals surface area contributed by atoms with E-state index in [0.717, 1.165) is 103 Å². The summed E-state index contributed by atoms with van der Waals surface area (Å²) in [5.74, 6) is -0.316. The van der Waals surface area contributed by atoms with Crippen LogP contribution in [0.5, 0.6) is 0 Å². The molecule has 3 aliphatic heterocycles. The van der Waals surface area contributed by atoms with Gasteiger partial charge in [-0.2, -0.15) is 0 Å². The van der Waals surface area contributed by atoms with Crippen molar-refractivity contribution in [2.45, 2.75) is 266 Å². The predicted molar refractivity (Wildman–Crippen MR) is 332 cm³/mol. The van der Waals surface area contributed by atoms with Crippen molar-refractivity contribution in [1.29, 1.82) is 0 Å². The van der Waals surface area contributed by atoms with Crippen molar-refractivity contribution in [2.75, 3.05) is 26.4 Å². The molecule has 86 heavy (non-hydrogen) atoms. The fourth-order valence-corrected chi connectivity index (χ4v) is 9.79. The fourth-order valence-electron chi connectivity index (χ4n) is 9.79. The van der Waals surface area contributed by atoms with Gasteiger partial charge in [0.25, 0.3) is 0 Å². The van der Waals surface area contributed by atoms with Gasteiger partial charge < -0.3 is 89.9 Å². The maximum atomic E-state index is 13.3. The van der Waals surface area contributed by atoms with Crippen molar-refractivity contribution < 1.29 is 89.4 Å². The van der Waals surface area contributed by atoms with E-state index in [1.54, 1.807) is 6.08 Å². The highest BCUT2D eigenvalue weighted by Gasteiger charge is 2.53. The summed E-state index contributed by atoms with van der Waals surface area (Å²) in [5.41, 5.74) is 0. The summed E-state index contributed by atoms with van der Waals surface area (Å²) in [5, 5.41) is 120. The monoisotopic (exact) mass is 1220 g/mol. The lowest BCUT2D eigenvalue weighted by Gasteiger charge is -2.48. The van der Waals surface area contributed by atoms with Gasteiger partial charge in [0.05, 0.1) is 38.6 Å². The summed E-state index contributed by atoms with van der Waals surface area (Å²) in [7, 11) is 0. The second kappa shape index (κ2) is 48.1. The van der Waals surface area contributed by atoms with Crippen molar-refractivity contribution in [3.8, 4) is 0 Å². The topological polar surface area (TPSA) is 307 Å². The number of hydrogen-bond acceptors (Lipinski definition) is 18. The lowest BCUT2D eigenvalue weighted by molar-refractivity contribution is -0.379. The Labute approximate surface area is 512 Å². The highest BCUT2D eigenvalue weighted by Crippen LogP contribution is 2.33. The first-order chi connectivity index (χ1) is 41.8. The summed E-state index contributed by atoms with van der Waals surface area (Å²) in [6.45, 7) is 1.51. The van der Waals surface area contributed by atoms with Crippen LogP contribution in [0.4, 0.5) is 0 Å². The van der Waals surface area contributed by atoms with Gasteiger partial charge in [-0.1, -0.05) is 174 Å². The van der Waals surface area contributed by atoms with E-state index in [9.17, 15) is 61.0 Å². The lowest BCUT2D eigenvalue weighted by atomic mass is 9.96. The third-order valence-corrected chi connectivity index (χ3v) is 15.0. The van der Waals surface area contributed by atoms with E-state index in [-0.39, 0.29) is 18.9 Å². The first kappa shape index (κ1) is 76.4. The molecule has 1 amide bonds. The molecular weight excluding hydrogens is 1110 g/mol. The van der Waals surface area contributed by atoms with Crippen LogP contribution >= 0.6 is 0 Å². The maximum absolute atomic E-state index is 13.3. The highest BCUT2D eigenvalue weighted by atomic mass is 16.8. The molecule has 3 fully saturated rings. The molecule has 0 bridgehead atoms. The highest BCUT2D eigenvalue weighted by molar-refractivity contribution is 5.76. The number of allylic oxidation sites excluding steroid dienone is 19. The molecule has 0 spiro atoms. The summed E-state index contributed by atoms with van der Waals surface area (Å²) in [6, 6.07) is -1.02. The third-order valence-electron chi connectivity index (χ3n) is 15.0. The van der Waals surface area contributed by atoms with Crippen molar-refractivity contribution in [1.82, 2.24) is 5.32 Å². The van der Waals surface area contributed by atoms with Gasteiger partial charge in [0, 0.05) is 6.42 Å². The first-order valence-electron chi connectivity index (χ1n) is 31.8. The molecule has 3 saturated heterocycles. The summed E-state index contributed by atoms with van der Waals surface area (Å²) in [6.07, 6.45) is 37.5. The number of amides is 1. The Balaban J connectivity index is 1.47. The van der Waals surface area contributed by atoms with Crippen LogP contribution in [0.25, 0.3) is 0 Å². The van der Waals surface area contributed by atoms with Crippen LogP contribution in [0.15, 0.2) is 122 Å². The van der Waals surface area contributed by atoms with Gasteiger partial charge in [-0.25, -0.2) is 0 Å². The molecule has 17 unspecified atom stereocenters. The predicted octanol–water partition coefficient (Wildman–Crippen LogP) is 6.87. The van der Waals surface area contributed by atoms with Crippen LogP contribution < -0.4 is 5.32 Å². The second-order valence-electron chi connectivity index (χ2n) is 22.1. The summed E-state index contributed by atoms with van der Waals surface area (Å²) < 4.78 is 34.2. The Morgan fingerprint density at radius 3 is 1.30 bits per heavy atom. The van der Waals surface area contributed by atoms with E-state index in [0.29, 0.717) is 12.8 Å². The van der Waals surface area contributed by atoms with Crippen LogP contribution in [0, 0.1) is 0 Å². The molecule has 19 heteroatoms. The van der Waals surface area contributed by atoms with Gasteiger partial charge in [0.1, 0.15) is 73.2 Å². The quantitative estimate of drug-likeness (QED) is 0.0219. The average molecular weight is 1220 g/mol. The number of aliphatic hydroxyl groups is 11. The number of aliphatic hydroxyl groups excluding tert-OH is 11. The Kier molecular flexibility index (Phi) is 42.7. The Bertz CT molecular complexity index is 2030. The van der Waals surface area contributed by atoms with Gasteiger partial charge >= 0.3 is 0 Å². The second-order valence-corrected chi connectivity index (χ2v) is 22.1. The summed E-state index contributed by atoms with van der Waals surface area (Å²) in [4.78, 5) is 13.3. The molecule has 0 saturated carbocycles. The van der Waals surface area contributed by atoms with Crippen molar-refractivity contribution >= 4 is 5.91 Å². The minimum absolute atomic E-state index is 0.200. The van der Waals surface area contributed by atoms with Gasteiger partial charge in [-0.3, -0.25) is 4.79 Å². The van der Waals surface area contributed by atoms with Crippen molar-refractivity contribution in [3.63, 3.8) is 0 Å². The van der Waals surface area contributed by atoms with Gasteiger partial charge in [-0.05, 0) is 103 Å². The smallest absolute Gasteiger partial charge is 0.220 e. The SMILES string of the molecule is CC/C=C\C/C=C\C/C=C\C/C=C\C/C=C\C/C=C\C/C=C\CCCCCCCC(=O)NC(COC1OC(CO)C(OC2OC(CO)C(OC3OC(CO)C(O)C(O)C3O)C(O)C2O)C(O)C1O)C(O)/C=C/CC/C=C/CC/C=C/CCCCCC. The first-order valence-corrected chi connectivity index (χ1v) is 31.8. The average Bonchev–Trinajstić information content (AvgIpc) is 1.96. The number of rotatable bonds is 45. The number of nitrogens with one attached hydrogen (secondary N) is 1. The zero-order valence-electron chi connectivity index (χ0n) is 51.2. The molecule has 490 valence electrons. The number of unbranched alkanes of at least 4 members (excludes halogenated alkanes) is 11. The number of carbonyl (C=O) groups is 1. The number of ether oxygens (including phenoxy) is 6. The lowest BCUT2D eigenvalue weighted by Crippen LogP contribution is -2.66. The molecule has 0 aliphatic carbocycles. The van der Waals surface area contributed by atoms with Gasteiger partial charge in [0.2, 0.25) is 5.91 Å². The number of hydrogen-bond donors (Lipinski definition) is 12. The van der Waals surface area contributed by atoms with E-state index >= 15 is 0 Å². The molecule has 12 N–H and O–H groups in total. The normalized spacial score (nSPS) is 29.6. The molecule has 19 nitrogen and oxygen atoms in total. The minimum Gasteiger partial charge on any atom is -0.394 e. The van der Waals surface area contributed by atoms with E-state index in [1.807, 2.05) is 6.08 Å². The molecule has 3 rings (SSSR count). The molecule has 0 aromatic carbocycles. The van der Waals surface area contributed by atoms with Crippen molar-refractivity contribution in [3.05, 3.63) is 122 Å². The summed E-state index contributed by atoms with van der Waals surface area (Å²) >= 11 is 0. The molecular formula is C67H109NO18. The molecule has 0 aromatic rings. The van der Waals surface area contributed by atoms with E-state index < -0.39 is 124 Å². The van der Waals surface area contributed by atoms with Crippen LogP contribution in [0.3, 0.4) is 0 Å². The van der Waals surface area contributed by atoms with E-state index in [1.165, 1.54) is 25.7 Å². The molecule has 3 heterocycles. The van der Waals surface area contributed by atoms with Crippen LogP contribution in [0.2, 0.25) is 0 Å². The Morgan fingerprint density at radius 2 is 0.814 bits per heavy atom. The third kappa shape index (κ3) is 30.6. The minimum atomic E-state index is -1.99. The van der Waals surface area contributed by atoms with E-state index in [2.05, 4.69) is 129 Å². The molecule has 0 aromatic heterocycles. The largest absolute Gasteiger partial charge is 0.394 e.